The van der Waals surface area contributed by atoms with E-state index >= 15 is 0 Å². The first kappa shape index (κ1) is 25.4. The molecule has 0 spiro atoms. The Morgan fingerprint density at radius 1 is 1.03 bits per heavy atom. The van der Waals surface area contributed by atoms with Crippen molar-refractivity contribution in [2.75, 3.05) is 18.4 Å². The number of hydrogen-bond donors (Lipinski definition) is 3. The molecule has 2 amide bonds. The summed E-state index contributed by atoms with van der Waals surface area (Å²) >= 11 is 0. The van der Waals surface area contributed by atoms with E-state index in [0.29, 0.717) is 25.1 Å². The van der Waals surface area contributed by atoms with E-state index in [0.717, 1.165) is 0 Å². The number of amides is 2. The Labute approximate surface area is 189 Å². The highest BCUT2D eigenvalue weighted by Crippen LogP contribution is 2.28. The summed E-state index contributed by atoms with van der Waals surface area (Å²) in [7, 11) is -3.77. The monoisotopic (exact) mass is 461 g/mol. The van der Waals surface area contributed by atoms with Gasteiger partial charge in [0.25, 0.3) is 5.91 Å². The van der Waals surface area contributed by atoms with Gasteiger partial charge >= 0.3 is 0 Å². The molecule has 2 rings (SSSR count). The molecule has 2 atom stereocenters. The largest absolute Gasteiger partial charge is 0.506 e. The maximum atomic E-state index is 13.0. The van der Waals surface area contributed by atoms with E-state index in [9.17, 15) is 23.1 Å². The lowest BCUT2D eigenvalue weighted by atomic mass is 9.97. The molecule has 3 N–H and O–H groups in total. The fourth-order valence-corrected chi connectivity index (χ4v) is 4.70. The van der Waals surface area contributed by atoms with E-state index in [1.807, 2.05) is 13.8 Å². The third-order valence-corrected chi connectivity index (χ3v) is 7.43. The standard InChI is InChI=1S/C23H31N3O5S/c1-5-16(4)21(25-22(28)17-11-9-8-10-12-17)23(29)24-19-15-18(13-14-20(19)27)32(30,31)26(6-2)7-3/h8-16,21,27H,5-7H2,1-4H3,(H,24,29)(H,25,28)/t16-,21-/m0/s1. The molecule has 8 nitrogen and oxygen atoms in total. The van der Waals surface area contributed by atoms with E-state index in [2.05, 4.69) is 10.6 Å². The summed E-state index contributed by atoms with van der Waals surface area (Å²) in [6.07, 6.45) is 0.621. The molecular weight excluding hydrogens is 430 g/mol. The maximum absolute atomic E-state index is 13.0. The molecule has 0 bridgehead atoms. The molecule has 2 aromatic carbocycles. The number of carbonyl (C=O) groups excluding carboxylic acids is 2. The predicted octanol–water partition coefficient (Wildman–Crippen LogP) is 3.21. The van der Waals surface area contributed by atoms with Crippen molar-refractivity contribution in [2.45, 2.75) is 45.1 Å². The van der Waals surface area contributed by atoms with Crippen LogP contribution in [0.5, 0.6) is 5.75 Å². The van der Waals surface area contributed by atoms with E-state index in [1.165, 1.54) is 22.5 Å². The molecule has 0 heterocycles. The van der Waals surface area contributed by atoms with Gasteiger partial charge in [-0.3, -0.25) is 9.59 Å². The Bertz CT molecular complexity index is 1040. The van der Waals surface area contributed by atoms with Crippen molar-refractivity contribution in [3.8, 4) is 5.75 Å². The molecule has 0 aliphatic heterocycles. The van der Waals surface area contributed by atoms with Gasteiger partial charge in [-0.25, -0.2) is 8.42 Å². The maximum Gasteiger partial charge on any atom is 0.251 e. The van der Waals surface area contributed by atoms with E-state index < -0.39 is 27.9 Å². The van der Waals surface area contributed by atoms with Crippen LogP contribution in [-0.2, 0) is 14.8 Å². The number of hydrogen-bond acceptors (Lipinski definition) is 5. The van der Waals surface area contributed by atoms with E-state index in [4.69, 9.17) is 0 Å². The number of nitrogens with one attached hydrogen (secondary N) is 2. The molecule has 0 unspecified atom stereocenters. The van der Waals surface area contributed by atoms with E-state index in [1.54, 1.807) is 44.2 Å². The van der Waals surface area contributed by atoms with Crippen LogP contribution in [0.2, 0.25) is 0 Å². The number of phenols is 1. The summed E-state index contributed by atoms with van der Waals surface area (Å²) < 4.78 is 26.9. The van der Waals surface area contributed by atoms with Gasteiger partial charge in [-0.1, -0.05) is 52.3 Å². The second-order valence-electron chi connectivity index (χ2n) is 7.46. The van der Waals surface area contributed by atoms with Crippen molar-refractivity contribution in [2.24, 2.45) is 5.92 Å². The number of sulfonamides is 1. The van der Waals surface area contributed by atoms with Crippen LogP contribution in [0.15, 0.2) is 53.4 Å². The predicted molar refractivity (Wildman–Crippen MR) is 124 cm³/mol. The summed E-state index contributed by atoms with van der Waals surface area (Å²) in [6, 6.07) is 11.4. The van der Waals surface area contributed by atoms with Gasteiger partial charge in [-0.15, -0.1) is 0 Å². The van der Waals surface area contributed by atoms with Gasteiger partial charge in [0.2, 0.25) is 15.9 Å². The summed E-state index contributed by atoms with van der Waals surface area (Å²) in [5.74, 6) is -1.41. The zero-order chi connectivity index (χ0) is 23.9. The highest BCUT2D eigenvalue weighted by atomic mass is 32.2. The highest BCUT2D eigenvalue weighted by Gasteiger charge is 2.28. The Kier molecular flexibility index (Phi) is 8.80. The van der Waals surface area contributed by atoms with Crippen molar-refractivity contribution >= 4 is 27.5 Å². The van der Waals surface area contributed by atoms with Gasteiger partial charge in [-0.05, 0) is 36.2 Å². The van der Waals surface area contributed by atoms with Crippen LogP contribution in [-0.4, -0.2) is 48.8 Å². The van der Waals surface area contributed by atoms with Gasteiger partial charge in [0, 0.05) is 18.7 Å². The number of nitrogens with zero attached hydrogens (tertiary/aromatic N) is 1. The smallest absolute Gasteiger partial charge is 0.251 e. The van der Waals surface area contributed by atoms with Crippen molar-refractivity contribution < 1.29 is 23.1 Å². The van der Waals surface area contributed by atoms with Gasteiger partial charge in [-0.2, -0.15) is 4.31 Å². The van der Waals surface area contributed by atoms with Crippen LogP contribution >= 0.6 is 0 Å². The first-order valence-electron chi connectivity index (χ1n) is 10.7. The second kappa shape index (κ2) is 11.1. The van der Waals surface area contributed by atoms with Crippen LogP contribution in [0.4, 0.5) is 5.69 Å². The Hall–Kier alpha value is -2.91. The Morgan fingerprint density at radius 2 is 1.66 bits per heavy atom. The van der Waals surface area contributed by atoms with Gasteiger partial charge in [0.15, 0.2) is 0 Å². The van der Waals surface area contributed by atoms with Crippen LogP contribution in [0.25, 0.3) is 0 Å². The quantitative estimate of drug-likeness (QED) is 0.470. The minimum Gasteiger partial charge on any atom is -0.506 e. The molecule has 0 radical (unpaired) electrons. The number of aromatic hydroxyl groups is 1. The normalized spacial score (nSPS) is 13.4. The zero-order valence-electron chi connectivity index (χ0n) is 18.8. The van der Waals surface area contributed by atoms with Gasteiger partial charge in [0.1, 0.15) is 11.8 Å². The fraction of sp³-hybridized carbons (Fsp3) is 0.391. The van der Waals surface area contributed by atoms with E-state index in [-0.39, 0.29) is 22.3 Å². The molecular formula is C23H31N3O5S. The minimum atomic E-state index is -3.77. The zero-order valence-corrected chi connectivity index (χ0v) is 19.6. The highest BCUT2D eigenvalue weighted by molar-refractivity contribution is 7.89. The SMILES string of the molecule is CC[C@H](C)[C@H](NC(=O)c1ccccc1)C(=O)Nc1cc(S(=O)(=O)N(CC)CC)ccc1O. The topological polar surface area (TPSA) is 116 Å². The first-order valence-corrected chi connectivity index (χ1v) is 12.1. The fourth-order valence-electron chi connectivity index (χ4n) is 3.21. The molecule has 174 valence electrons. The van der Waals surface area contributed by atoms with Crippen molar-refractivity contribution in [1.29, 1.82) is 0 Å². The third-order valence-electron chi connectivity index (χ3n) is 5.39. The Morgan fingerprint density at radius 3 is 2.22 bits per heavy atom. The lowest BCUT2D eigenvalue weighted by molar-refractivity contribution is -0.119. The summed E-state index contributed by atoms with van der Waals surface area (Å²) in [5.41, 5.74) is 0.384. The molecule has 32 heavy (non-hydrogen) atoms. The molecule has 0 aliphatic carbocycles. The number of phenolic OH excluding ortho intramolecular Hbond substituents is 1. The van der Waals surface area contributed by atoms with Crippen LogP contribution in [0.1, 0.15) is 44.5 Å². The molecule has 0 aromatic heterocycles. The summed E-state index contributed by atoms with van der Waals surface area (Å²) in [6.45, 7) is 7.78. The van der Waals surface area contributed by atoms with Crippen molar-refractivity contribution in [1.82, 2.24) is 9.62 Å². The third kappa shape index (κ3) is 5.86. The van der Waals surface area contributed by atoms with Crippen LogP contribution in [0, 0.1) is 5.92 Å². The lowest BCUT2D eigenvalue weighted by Crippen LogP contribution is -2.47. The molecule has 0 aliphatic rings. The van der Waals surface area contributed by atoms with Gasteiger partial charge in [0.05, 0.1) is 10.6 Å². The number of carbonyl (C=O) groups is 2. The summed E-state index contributed by atoms with van der Waals surface area (Å²) in [5, 5.41) is 15.6. The average molecular weight is 462 g/mol. The lowest BCUT2D eigenvalue weighted by Gasteiger charge is -2.24. The molecule has 0 saturated heterocycles. The van der Waals surface area contributed by atoms with Crippen LogP contribution < -0.4 is 10.6 Å². The minimum absolute atomic E-state index is 0.0366. The Balaban J connectivity index is 2.30. The molecule has 0 fully saturated rings. The number of rotatable bonds is 10. The van der Waals surface area contributed by atoms with Crippen molar-refractivity contribution in [3.05, 3.63) is 54.1 Å². The van der Waals surface area contributed by atoms with Gasteiger partial charge < -0.3 is 15.7 Å². The van der Waals surface area contributed by atoms with Crippen LogP contribution in [0.3, 0.4) is 0 Å². The number of benzene rings is 2. The van der Waals surface area contributed by atoms with Crippen molar-refractivity contribution in [3.63, 3.8) is 0 Å². The molecule has 9 heteroatoms. The molecule has 0 saturated carbocycles. The number of anilines is 1. The molecule has 2 aromatic rings. The second-order valence-corrected chi connectivity index (χ2v) is 9.40. The summed E-state index contributed by atoms with van der Waals surface area (Å²) in [4.78, 5) is 25.6. The average Bonchev–Trinajstić information content (AvgIpc) is 2.79. The first-order chi connectivity index (χ1) is 15.1.